The lowest BCUT2D eigenvalue weighted by molar-refractivity contribution is 0.798. The van der Waals surface area contributed by atoms with Gasteiger partial charge >= 0.3 is 0 Å². The summed E-state index contributed by atoms with van der Waals surface area (Å²) in [5.74, 6) is 0.643. The van der Waals surface area contributed by atoms with Crippen LogP contribution in [0.3, 0.4) is 0 Å². The van der Waals surface area contributed by atoms with E-state index < -0.39 is 0 Å². The third-order valence-electron chi connectivity index (χ3n) is 4.18. The zero-order valence-electron chi connectivity index (χ0n) is 13.1. The Morgan fingerprint density at radius 3 is 3.00 bits per heavy atom. The van der Waals surface area contributed by atoms with Crippen LogP contribution in [0.4, 0.5) is 0 Å². The van der Waals surface area contributed by atoms with Crippen molar-refractivity contribution >= 4 is 22.5 Å². The summed E-state index contributed by atoms with van der Waals surface area (Å²) >= 11 is 6.47. The van der Waals surface area contributed by atoms with Crippen molar-refractivity contribution in [2.45, 2.75) is 32.2 Å². The SMILES string of the molecule is C=C(C)NCc1cc2cc(Cl)c(-n3ccc(C4CC4)n3)cc2[nH]1. The van der Waals surface area contributed by atoms with Crippen LogP contribution in [0.15, 0.2) is 42.7 Å². The van der Waals surface area contributed by atoms with Crippen molar-refractivity contribution in [3.05, 3.63) is 59.1 Å². The first-order chi connectivity index (χ1) is 11.1. The molecule has 0 radical (unpaired) electrons. The third kappa shape index (κ3) is 2.86. The first-order valence-corrected chi connectivity index (χ1v) is 8.24. The highest BCUT2D eigenvalue weighted by Crippen LogP contribution is 2.39. The van der Waals surface area contributed by atoms with Crippen molar-refractivity contribution in [1.82, 2.24) is 20.1 Å². The van der Waals surface area contributed by atoms with E-state index in [9.17, 15) is 0 Å². The summed E-state index contributed by atoms with van der Waals surface area (Å²) in [7, 11) is 0. The maximum atomic E-state index is 6.47. The van der Waals surface area contributed by atoms with E-state index in [1.165, 1.54) is 18.5 Å². The molecular formula is C18H19ClN4. The number of benzene rings is 1. The van der Waals surface area contributed by atoms with Crippen LogP contribution in [0.1, 0.15) is 37.1 Å². The molecule has 0 atom stereocenters. The van der Waals surface area contributed by atoms with E-state index in [2.05, 4.69) is 40.2 Å². The second-order valence-electron chi connectivity index (χ2n) is 6.28. The number of fused-ring (bicyclic) bond motifs is 1. The van der Waals surface area contributed by atoms with E-state index in [-0.39, 0.29) is 0 Å². The van der Waals surface area contributed by atoms with E-state index in [1.807, 2.05) is 23.9 Å². The number of H-pyrrole nitrogens is 1. The van der Waals surface area contributed by atoms with Gasteiger partial charge in [-0.25, -0.2) is 4.68 Å². The molecule has 4 nitrogen and oxygen atoms in total. The normalized spacial score (nSPS) is 14.3. The Bertz CT molecular complexity index is 886. The lowest BCUT2D eigenvalue weighted by Gasteiger charge is -2.05. The average Bonchev–Trinajstić information content (AvgIpc) is 3.11. The van der Waals surface area contributed by atoms with E-state index in [4.69, 9.17) is 11.6 Å². The Labute approximate surface area is 140 Å². The van der Waals surface area contributed by atoms with Gasteiger partial charge in [-0.15, -0.1) is 0 Å². The summed E-state index contributed by atoms with van der Waals surface area (Å²) in [4.78, 5) is 3.43. The zero-order valence-corrected chi connectivity index (χ0v) is 13.8. The van der Waals surface area contributed by atoms with Gasteiger partial charge in [0.1, 0.15) is 0 Å². The molecule has 4 rings (SSSR count). The van der Waals surface area contributed by atoms with Crippen LogP contribution in [0.2, 0.25) is 5.02 Å². The van der Waals surface area contributed by atoms with Gasteiger partial charge in [-0.05, 0) is 44.0 Å². The molecule has 1 aromatic carbocycles. The molecule has 1 saturated carbocycles. The number of nitrogens with zero attached hydrogens (tertiary/aromatic N) is 2. The zero-order chi connectivity index (χ0) is 16.0. The fourth-order valence-corrected chi connectivity index (χ4v) is 3.05. The number of halogens is 1. The summed E-state index contributed by atoms with van der Waals surface area (Å²) in [6.07, 6.45) is 4.49. The summed E-state index contributed by atoms with van der Waals surface area (Å²) in [6, 6.07) is 8.26. The van der Waals surface area contributed by atoms with Crippen molar-refractivity contribution in [3.63, 3.8) is 0 Å². The molecule has 0 bridgehead atoms. The quantitative estimate of drug-likeness (QED) is 0.724. The fourth-order valence-electron chi connectivity index (χ4n) is 2.79. The number of hydrogen-bond donors (Lipinski definition) is 2. The number of hydrogen-bond acceptors (Lipinski definition) is 2. The largest absolute Gasteiger partial charge is 0.383 e. The highest BCUT2D eigenvalue weighted by atomic mass is 35.5. The van der Waals surface area contributed by atoms with Crippen molar-refractivity contribution in [2.75, 3.05) is 0 Å². The number of nitrogens with one attached hydrogen (secondary N) is 2. The Morgan fingerprint density at radius 2 is 2.26 bits per heavy atom. The van der Waals surface area contributed by atoms with E-state index in [0.717, 1.165) is 34.5 Å². The molecule has 0 aliphatic heterocycles. The van der Waals surface area contributed by atoms with E-state index in [0.29, 0.717) is 10.9 Å². The molecule has 5 heteroatoms. The van der Waals surface area contributed by atoms with Gasteiger partial charge in [0.25, 0.3) is 0 Å². The van der Waals surface area contributed by atoms with Crippen LogP contribution < -0.4 is 5.32 Å². The molecule has 23 heavy (non-hydrogen) atoms. The van der Waals surface area contributed by atoms with Gasteiger partial charge in [0.05, 0.1) is 22.9 Å². The van der Waals surface area contributed by atoms with Crippen molar-refractivity contribution in [1.29, 1.82) is 0 Å². The fraction of sp³-hybridized carbons (Fsp3) is 0.278. The minimum atomic E-state index is 0.643. The molecule has 1 fully saturated rings. The van der Waals surface area contributed by atoms with Gasteiger partial charge < -0.3 is 10.3 Å². The van der Waals surface area contributed by atoms with Crippen LogP contribution in [-0.4, -0.2) is 14.8 Å². The lowest BCUT2D eigenvalue weighted by atomic mass is 10.2. The van der Waals surface area contributed by atoms with Crippen LogP contribution in [-0.2, 0) is 6.54 Å². The van der Waals surface area contributed by atoms with Gasteiger partial charge in [0.15, 0.2) is 0 Å². The molecule has 0 unspecified atom stereocenters. The lowest BCUT2D eigenvalue weighted by Crippen LogP contribution is -2.09. The number of aromatic amines is 1. The van der Waals surface area contributed by atoms with Crippen LogP contribution in [0.25, 0.3) is 16.6 Å². The third-order valence-corrected chi connectivity index (χ3v) is 4.48. The molecule has 0 saturated heterocycles. The molecule has 3 aromatic rings. The molecule has 2 N–H and O–H groups in total. The van der Waals surface area contributed by atoms with Crippen LogP contribution in [0.5, 0.6) is 0 Å². The molecule has 118 valence electrons. The smallest absolute Gasteiger partial charge is 0.0852 e. The Balaban J connectivity index is 1.68. The minimum Gasteiger partial charge on any atom is -0.383 e. The first kappa shape index (κ1) is 14.4. The van der Waals surface area contributed by atoms with E-state index in [1.54, 1.807) is 0 Å². The maximum Gasteiger partial charge on any atom is 0.0852 e. The predicted molar refractivity (Wildman–Crippen MR) is 94.1 cm³/mol. The molecule has 2 heterocycles. The second kappa shape index (κ2) is 5.46. The van der Waals surface area contributed by atoms with Crippen molar-refractivity contribution < 1.29 is 0 Å². The van der Waals surface area contributed by atoms with Crippen molar-refractivity contribution in [2.24, 2.45) is 0 Å². The average molecular weight is 327 g/mol. The van der Waals surface area contributed by atoms with Gasteiger partial charge in [0, 0.05) is 34.4 Å². The van der Waals surface area contributed by atoms with Gasteiger partial charge in [-0.1, -0.05) is 18.2 Å². The molecule has 0 amide bonds. The Hall–Kier alpha value is -2.20. The van der Waals surface area contributed by atoms with Crippen LogP contribution >= 0.6 is 11.6 Å². The molecule has 1 aliphatic carbocycles. The molecular weight excluding hydrogens is 308 g/mol. The number of rotatable bonds is 5. The minimum absolute atomic E-state index is 0.643. The summed E-state index contributed by atoms with van der Waals surface area (Å²) in [6.45, 7) is 6.53. The standard InChI is InChI=1S/C18H19ClN4/c1-11(2)20-10-14-7-13-8-15(19)18(9-17(13)21-14)23-6-5-16(22-23)12-3-4-12/h5-9,12,20-21H,1,3-4,10H2,2H3. The number of allylic oxidation sites excluding steroid dienone is 1. The molecule has 0 spiro atoms. The molecule has 2 aromatic heterocycles. The first-order valence-electron chi connectivity index (χ1n) is 7.86. The van der Waals surface area contributed by atoms with Crippen LogP contribution in [0, 0.1) is 0 Å². The highest BCUT2D eigenvalue weighted by molar-refractivity contribution is 6.33. The van der Waals surface area contributed by atoms with Crippen molar-refractivity contribution in [3.8, 4) is 5.69 Å². The van der Waals surface area contributed by atoms with Gasteiger partial charge in [-0.2, -0.15) is 5.10 Å². The summed E-state index contributed by atoms with van der Waals surface area (Å²) in [5.41, 5.74) is 5.19. The van der Waals surface area contributed by atoms with E-state index >= 15 is 0 Å². The highest BCUT2D eigenvalue weighted by Gasteiger charge is 2.26. The Morgan fingerprint density at radius 1 is 1.43 bits per heavy atom. The molecule has 1 aliphatic rings. The second-order valence-corrected chi connectivity index (χ2v) is 6.69. The number of aromatic nitrogens is 3. The van der Waals surface area contributed by atoms with Gasteiger partial charge in [-0.3, -0.25) is 0 Å². The maximum absolute atomic E-state index is 6.47. The van der Waals surface area contributed by atoms with Gasteiger partial charge in [0.2, 0.25) is 0 Å². The Kier molecular flexibility index (Phi) is 3.42. The monoisotopic (exact) mass is 326 g/mol. The topological polar surface area (TPSA) is 45.6 Å². The summed E-state index contributed by atoms with van der Waals surface area (Å²) in [5, 5.41) is 9.71. The summed E-state index contributed by atoms with van der Waals surface area (Å²) < 4.78 is 1.88. The predicted octanol–water partition coefficient (Wildman–Crippen LogP) is 4.51.